The van der Waals surface area contributed by atoms with Crippen molar-refractivity contribution in [3.05, 3.63) is 90.0 Å². The van der Waals surface area contributed by atoms with Crippen LogP contribution in [0.15, 0.2) is 78.9 Å². The molecule has 3 aromatic rings. The molecule has 0 atom stereocenters. The van der Waals surface area contributed by atoms with Crippen molar-refractivity contribution in [3.8, 4) is 0 Å². The Bertz CT molecular complexity index is 1710. The second-order valence-electron chi connectivity index (χ2n) is 29.2. The topological polar surface area (TPSA) is 0 Å². The van der Waals surface area contributed by atoms with Crippen molar-refractivity contribution in [1.82, 2.24) is 0 Å². The summed E-state index contributed by atoms with van der Waals surface area (Å²) in [6, 6.07) is 62.7. The van der Waals surface area contributed by atoms with Crippen LogP contribution in [-0.4, -0.2) is 64.6 Å². The SMILES string of the molecule is CC[Si](C)(C)CCC[Si](CCC[Si](C)(C)CC)(CCC[Si](C)(C)CC)CCc1ccc(P(c2ccccc2)c2ccc(CC[Si](CCC[Si](C)(C)CC)(CCC[Si](C)(C)CC)CCC[Si](C)(C)CC)cc2)cc1. The van der Waals surface area contributed by atoms with Gasteiger partial charge in [0.05, 0.1) is 16.1 Å². The van der Waals surface area contributed by atoms with Crippen molar-refractivity contribution in [2.45, 2.75) is 292 Å². The van der Waals surface area contributed by atoms with E-state index < -0.39 is 72.5 Å². The zero-order valence-electron chi connectivity index (χ0n) is 52.3. The fraction of sp³-hybridized carbons (Fsp3) is 0.719. The molecule has 3 rings (SSSR count). The van der Waals surface area contributed by atoms with E-state index in [1.54, 1.807) is 83.7 Å². The van der Waals surface area contributed by atoms with Gasteiger partial charge in [-0.3, -0.25) is 0 Å². The first-order chi connectivity index (χ1) is 34.2. The summed E-state index contributed by atoms with van der Waals surface area (Å²) < 4.78 is 0. The summed E-state index contributed by atoms with van der Waals surface area (Å²) >= 11 is 0. The highest BCUT2D eigenvalue weighted by molar-refractivity contribution is 7.79. The monoisotopic (exact) mass is 1150 g/mol. The average molecular weight is 1150 g/mol. The zero-order valence-corrected chi connectivity index (χ0v) is 61.1. The molecule has 0 N–H and O–H groups in total. The van der Waals surface area contributed by atoms with Crippen molar-refractivity contribution >= 4 is 88.4 Å². The molecule has 0 nitrogen and oxygen atoms in total. The molecule has 0 fully saturated rings. The van der Waals surface area contributed by atoms with Gasteiger partial charge in [-0.25, -0.2) is 0 Å². The Morgan fingerprint density at radius 1 is 0.260 bits per heavy atom. The van der Waals surface area contributed by atoms with Crippen molar-refractivity contribution in [2.75, 3.05) is 0 Å². The third-order valence-corrected chi connectivity index (χ3v) is 55.7. The standard InChI is InChI=1S/C64H123PSi8/c1-19-66(7,8)46-28-52-72(53-29-47-67(9,10)20-2,54-30-48-68(11,12)21-3)58-44-60-36-40-63(41-37-60)65(62-34-26-25-27-35-62)64-42-38-61(39-43-64)45-59-73(55-31-49-69(13,14)22-4,56-32-50-70(15,16)23-5)57-33-51-71(17,18)24-6/h25-27,34-43H,19-24,28-33,44-59H2,1-18H3. The van der Waals surface area contributed by atoms with Crippen LogP contribution in [0.2, 0.25) is 199 Å². The molecule has 0 radical (unpaired) electrons. The van der Waals surface area contributed by atoms with Crippen molar-refractivity contribution in [3.63, 3.8) is 0 Å². The van der Waals surface area contributed by atoms with Gasteiger partial charge in [-0.1, -0.05) is 358 Å². The predicted octanol–water partition coefficient (Wildman–Crippen LogP) is 22.1. The molecule has 73 heavy (non-hydrogen) atoms. The summed E-state index contributed by atoms with van der Waals surface area (Å²) in [6.07, 6.45) is 11.7. The van der Waals surface area contributed by atoms with Crippen LogP contribution in [0.1, 0.15) is 91.2 Å². The van der Waals surface area contributed by atoms with Crippen molar-refractivity contribution < 1.29 is 0 Å². The van der Waals surface area contributed by atoms with E-state index in [9.17, 15) is 0 Å². The lowest BCUT2D eigenvalue weighted by Crippen LogP contribution is -2.37. The fourth-order valence-corrected chi connectivity index (χ4v) is 35.2. The van der Waals surface area contributed by atoms with Gasteiger partial charge in [0, 0.05) is 48.4 Å². The average Bonchev–Trinajstić information content (AvgIpc) is 3.36. The van der Waals surface area contributed by atoms with Gasteiger partial charge in [0.1, 0.15) is 0 Å². The van der Waals surface area contributed by atoms with Crippen molar-refractivity contribution in [1.29, 1.82) is 0 Å². The molecule has 0 spiro atoms. The van der Waals surface area contributed by atoms with Gasteiger partial charge in [-0.05, 0) is 47.8 Å². The summed E-state index contributed by atoms with van der Waals surface area (Å²) in [6.45, 7) is 46.9. The molecule has 0 heterocycles. The van der Waals surface area contributed by atoms with E-state index in [1.165, 1.54) is 116 Å². The number of hydrogen-bond acceptors (Lipinski definition) is 0. The van der Waals surface area contributed by atoms with Crippen LogP contribution in [0.25, 0.3) is 0 Å². The molecule has 416 valence electrons. The van der Waals surface area contributed by atoms with Crippen LogP contribution in [-0.2, 0) is 12.8 Å². The Labute approximate surface area is 467 Å². The minimum atomic E-state index is -1.45. The van der Waals surface area contributed by atoms with E-state index in [0.29, 0.717) is 0 Å². The lowest BCUT2D eigenvalue weighted by Gasteiger charge is -2.36. The van der Waals surface area contributed by atoms with Gasteiger partial charge < -0.3 is 0 Å². The highest BCUT2D eigenvalue weighted by Gasteiger charge is 2.36. The zero-order chi connectivity index (χ0) is 54.5. The molecule has 0 aliphatic rings. The Hall–Kier alpha value is -0.175. The smallest absolute Gasteiger partial charge is 0.0538 e. The minimum Gasteiger partial charge on any atom is -0.0694 e. The maximum Gasteiger partial charge on any atom is 0.0538 e. The van der Waals surface area contributed by atoms with Gasteiger partial charge in [0.15, 0.2) is 0 Å². The lowest BCUT2D eigenvalue weighted by molar-refractivity contribution is 0.869. The second-order valence-corrected chi connectivity index (χ2v) is 74.7. The van der Waals surface area contributed by atoms with E-state index in [4.69, 9.17) is 0 Å². The largest absolute Gasteiger partial charge is 0.0694 e. The molecule has 0 amide bonds. The van der Waals surface area contributed by atoms with Crippen LogP contribution in [0.3, 0.4) is 0 Å². The van der Waals surface area contributed by atoms with Gasteiger partial charge in [-0.2, -0.15) is 0 Å². The summed E-state index contributed by atoms with van der Waals surface area (Å²) in [7, 11) is -9.99. The Kier molecular flexibility index (Phi) is 29.0. The third-order valence-electron chi connectivity index (χ3n) is 20.4. The van der Waals surface area contributed by atoms with E-state index >= 15 is 0 Å². The summed E-state index contributed by atoms with van der Waals surface area (Å²) in [5.74, 6) is 0. The lowest BCUT2D eigenvalue weighted by atomic mass is 10.2. The first-order valence-corrected chi connectivity index (χ1v) is 58.7. The van der Waals surface area contributed by atoms with E-state index in [2.05, 4.69) is 199 Å². The maximum absolute atomic E-state index is 2.67. The number of hydrogen-bond donors (Lipinski definition) is 0. The van der Waals surface area contributed by atoms with Crippen LogP contribution >= 0.6 is 7.92 Å². The maximum atomic E-state index is 2.67. The molecule has 0 aliphatic heterocycles. The van der Waals surface area contributed by atoms with Crippen LogP contribution in [0.5, 0.6) is 0 Å². The van der Waals surface area contributed by atoms with Crippen LogP contribution < -0.4 is 15.9 Å². The van der Waals surface area contributed by atoms with E-state index in [1.807, 2.05) is 0 Å². The highest BCUT2D eigenvalue weighted by Crippen LogP contribution is 2.40. The fourth-order valence-electron chi connectivity index (χ4n) is 11.7. The normalized spacial score (nSPS) is 13.6. The molecule has 0 bridgehead atoms. The molecule has 0 saturated carbocycles. The van der Waals surface area contributed by atoms with Crippen LogP contribution in [0, 0.1) is 0 Å². The molecular formula is C64H123PSi8. The summed E-state index contributed by atoms with van der Waals surface area (Å²) in [4.78, 5) is 0. The molecule has 0 aliphatic carbocycles. The number of rotatable bonds is 39. The summed E-state index contributed by atoms with van der Waals surface area (Å²) in [5.41, 5.74) is 3.20. The molecule has 9 heteroatoms. The first-order valence-electron chi connectivity index (χ1n) is 31.2. The van der Waals surface area contributed by atoms with Crippen molar-refractivity contribution in [2.24, 2.45) is 0 Å². The first kappa shape index (κ1) is 67.1. The molecule has 0 saturated heterocycles. The molecule has 0 aromatic heterocycles. The van der Waals surface area contributed by atoms with E-state index in [-0.39, 0.29) is 0 Å². The second kappa shape index (κ2) is 31.6. The summed E-state index contributed by atoms with van der Waals surface area (Å²) in [5, 5.41) is 4.53. The Morgan fingerprint density at radius 3 is 0.699 bits per heavy atom. The minimum absolute atomic E-state index is 0.620. The predicted molar refractivity (Wildman–Crippen MR) is 367 cm³/mol. The quantitative estimate of drug-likeness (QED) is 0.0394. The Balaban J connectivity index is 1.95. The Morgan fingerprint density at radius 2 is 0.479 bits per heavy atom. The van der Waals surface area contributed by atoms with Gasteiger partial charge >= 0.3 is 0 Å². The van der Waals surface area contributed by atoms with Crippen LogP contribution in [0.4, 0.5) is 0 Å². The molecule has 3 aromatic carbocycles. The van der Waals surface area contributed by atoms with E-state index in [0.717, 1.165) is 0 Å². The number of benzene rings is 3. The molecule has 0 unspecified atom stereocenters. The van der Waals surface area contributed by atoms with Gasteiger partial charge in [0.2, 0.25) is 0 Å². The highest BCUT2D eigenvalue weighted by atomic mass is 31.1. The number of aryl methyl sites for hydroxylation is 2. The third kappa shape index (κ3) is 25.2. The molecular weight excluding hydrogens is 1020 g/mol. The van der Waals surface area contributed by atoms with Gasteiger partial charge in [-0.15, -0.1) is 0 Å². The van der Waals surface area contributed by atoms with Gasteiger partial charge in [0.25, 0.3) is 0 Å².